The molecule has 3 N–H and O–H groups in total. The Hall–Kier alpha value is -3.48. The van der Waals surface area contributed by atoms with Gasteiger partial charge in [0.25, 0.3) is 5.91 Å². The summed E-state index contributed by atoms with van der Waals surface area (Å²) in [6.45, 7) is 7.07. The molecule has 1 amide bonds. The highest BCUT2D eigenvalue weighted by Crippen LogP contribution is 2.43. The number of carbonyl (C=O) groups is 1. The number of amides is 1. The normalized spacial score (nSPS) is 13.9. The molecule has 2 aromatic heterocycles. The Morgan fingerprint density at radius 3 is 2.68 bits per heavy atom. The molecule has 0 unspecified atom stereocenters. The molecule has 160 valence electrons. The zero-order chi connectivity index (χ0) is 22.3. The molecule has 3 aromatic rings. The van der Waals surface area contributed by atoms with E-state index in [1.54, 1.807) is 13.0 Å². The van der Waals surface area contributed by atoms with E-state index >= 15 is 4.39 Å². The molecular weight excluding hydrogens is 393 g/mol. The van der Waals surface area contributed by atoms with Crippen LogP contribution in [0.1, 0.15) is 43.7 Å². The van der Waals surface area contributed by atoms with Crippen LogP contribution in [0.2, 0.25) is 0 Å². The fourth-order valence-electron chi connectivity index (χ4n) is 4.30. The number of nitrogens with one attached hydrogen (secondary N) is 1. The number of nitrogens with zero attached hydrogens (tertiary/aromatic N) is 3. The Morgan fingerprint density at radius 1 is 1.26 bits per heavy atom. The van der Waals surface area contributed by atoms with Crippen molar-refractivity contribution in [1.82, 2.24) is 14.5 Å². The number of halogens is 1. The maximum atomic E-state index is 15.5. The van der Waals surface area contributed by atoms with Crippen LogP contribution in [0.3, 0.4) is 0 Å². The van der Waals surface area contributed by atoms with E-state index in [0.717, 1.165) is 47.9 Å². The van der Waals surface area contributed by atoms with Crippen molar-refractivity contribution in [3.63, 3.8) is 0 Å². The lowest BCUT2D eigenvalue weighted by molar-refractivity contribution is -0.112. The van der Waals surface area contributed by atoms with Gasteiger partial charge in [-0.15, -0.1) is 0 Å². The zero-order valence-corrected chi connectivity index (χ0v) is 18.1. The molecule has 0 fully saturated rings. The van der Waals surface area contributed by atoms with Crippen molar-refractivity contribution in [3.8, 4) is 11.3 Å². The summed E-state index contributed by atoms with van der Waals surface area (Å²) in [5, 5.41) is 3.45. The van der Waals surface area contributed by atoms with Gasteiger partial charge in [-0.25, -0.2) is 14.4 Å². The molecule has 0 saturated heterocycles. The molecule has 1 aliphatic rings. The van der Waals surface area contributed by atoms with Gasteiger partial charge in [-0.1, -0.05) is 12.7 Å². The molecule has 31 heavy (non-hydrogen) atoms. The molecule has 0 atom stereocenters. The number of aromatic nitrogens is 3. The molecule has 0 bridgehead atoms. The molecule has 0 spiro atoms. The standard InChI is InChI=1S/C24H26FN5O/c1-13(2)24(31)29-16-10-14(3)18(17(25)11-16)21-19(15-8-6-5-7-9-15)20-22(26)27-12-28-23(20)30(21)4/h8,10-12H,1,5-7,9H2,2-4H3,(H,29,31)(H2,26,27,28). The van der Waals surface area contributed by atoms with E-state index in [9.17, 15) is 4.79 Å². The second kappa shape index (κ2) is 7.98. The lowest BCUT2D eigenvalue weighted by atomic mass is 9.89. The highest BCUT2D eigenvalue weighted by Gasteiger charge is 2.26. The number of nitrogens with two attached hydrogens (primary N) is 1. The average Bonchev–Trinajstić information content (AvgIpc) is 3.02. The Bertz CT molecular complexity index is 1230. The van der Waals surface area contributed by atoms with Crippen LogP contribution in [0.5, 0.6) is 0 Å². The third kappa shape index (κ3) is 3.60. The van der Waals surface area contributed by atoms with Gasteiger partial charge in [0.2, 0.25) is 0 Å². The number of hydrogen-bond donors (Lipinski definition) is 2. The highest BCUT2D eigenvalue weighted by atomic mass is 19.1. The molecule has 0 aliphatic heterocycles. The molecule has 2 heterocycles. The summed E-state index contributed by atoms with van der Waals surface area (Å²) in [4.78, 5) is 20.6. The van der Waals surface area contributed by atoms with Gasteiger partial charge in [-0.3, -0.25) is 4.79 Å². The lowest BCUT2D eigenvalue weighted by Gasteiger charge is -2.18. The Labute approximate surface area is 180 Å². The summed E-state index contributed by atoms with van der Waals surface area (Å²) in [6, 6.07) is 3.11. The minimum absolute atomic E-state index is 0.341. The van der Waals surface area contributed by atoms with Crippen LogP contribution in [0.25, 0.3) is 27.9 Å². The second-order valence-corrected chi connectivity index (χ2v) is 8.10. The minimum atomic E-state index is -0.424. The van der Waals surface area contributed by atoms with Crippen molar-refractivity contribution in [2.24, 2.45) is 7.05 Å². The fraction of sp³-hybridized carbons (Fsp3) is 0.292. The predicted molar refractivity (Wildman–Crippen MR) is 123 cm³/mol. The van der Waals surface area contributed by atoms with Crippen molar-refractivity contribution in [1.29, 1.82) is 0 Å². The van der Waals surface area contributed by atoms with E-state index in [4.69, 9.17) is 5.73 Å². The van der Waals surface area contributed by atoms with Gasteiger partial charge in [0.05, 0.1) is 11.1 Å². The third-order valence-corrected chi connectivity index (χ3v) is 5.78. The van der Waals surface area contributed by atoms with Crippen molar-refractivity contribution < 1.29 is 9.18 Å². The van der Waals surface area contributed by atoms with Crippen LogP contribution in [-0.4, -0.2) is 20.4 Å². The van der Waals surface area contributed by atoms with Gasteiger partial charge in [-0.05, 0) is 62.8 Å². The van der Waals surface area contributed by atoms with Crippen LogP contribution < -0.4 is 11.1 Å². The monoisotopic (exact) mass is 419 g/mol. The third-order valence-electron chi connectivity index (χ3n) is 5.78. The minimum Gasteiger partial charge on any atom is -0.383 e. The van der Waals surface area contributed by atoms with Crippen LogP contribution in [-0.2, 0) is 11.8 Å². The molecule has 7 heteroatoms. The van der Waals surface area contributed by atoms with E-state index in [0.29, 0.717) is 33.9 Å². The number of anilines is 2. The summed E-state index contributed by atoms with van der Waals surface area (Å²) in [6.07, 6.45) is 7.73. The Morgan fingerprint density at radius 2 is 2.03 bits per heavy atom. The number of nitrogen functional groups attached to an aromatic ring is 1. The first kappa shape index (κ1) is 20.8. The van der Waals surface area contributed by atoms with Gasteiger partial charge in [0, 0.05) is 29.4 Å². The number of hydrogen-bond acceptors (Lipinski definition) is 4. The quantitative estimate of drug-likeness (QED) is 0.574. The van der Waals surface area contributed by atoms with Crippen LogP contribution >= 0.6 is 0 Å². The zero-order valence-electron chi connectivity index (χ0n) is 18.1. The molecule has 4 rings (SSSR count). The maximum absolute atomic E-state index is 15.5. The van der Waals surface area contributed by atoms with Crippen molar-refractivity contribution in [3.05, 3.63) is 53.6 Å². The molecule has 0 radical (unpaired) electrons. The van der Waals surface area contributed by atoms with E-state index in [-0.39, 0.29) is 5.91 Å². The fourth-order valence-corrected chi connectivity index (χ4v) is 4.30. The Kier molecular flexibility index (Phi) is 5.35. The molecule has 1 aliphatic carbocycles. The van der Waals surface area contributed by atoms with Gasteiger partial charge in [0.15, 0.2) is 0 Å². The smallest absolute Gasteiger partial charge is 0.250 e. The molecule has 0 saturated carbocycles. The van der Waals surface area contributed by atoms with Gasteiger partial charge in [0.1, 0.15) is 23.6 Å². The first-order valence-electron chi connectivity index (χ1n) is 10.3. The number of allylic oxidation sites excluding steroid dienone is 2. The maximum Gasteiger partial charge on any atom is 0.250 e. The topological polar surface area (TPSA) is 85.8 Å². The first-order chi connectivity index (χ1) is 14.8. The van der Waals surface area contributed by atoms with Gasteiger partial charge < -0.3 is 15.6 Å². The Balaban J connectivity index is 1.97. The first-order valence-corrected chi connectivity index (χ1v) is 10.3. The summed E-state index contributed by atoms with van der Waals surface area (Å²) < 4.78 is 17.4. The number of carbonyl (C=O) groups excluding carboxylic acids is 1. The van der Waals surface area contributed by atoms with Crippen molar-refractivity contribution in [2.45, 2.75) is 39.5 Å². The number of aryl methyl sites for hydroxylation is 2. The van der Waals surface area contributed by atoms with Crippen molar-refractivity contribution in [2.75, 3.05) is 11.1 Å². The van der Waals surface area contributed by atoms with E-state index < -0.39 is 5.82 Å². The summed E-state index contributed by atoms with van der Waals surface area (Å²) >= 11 is 0. The van der Waals surface area contributed by atoms with E-state index in [2.05, 4.69) is 27.9 Å². The molecule has 6 nitrogen and oxygen atoms in total. The largest absolute Gasteiger partial charge is 0.383 e. The van der Waals surface area contributed by atoms with E-state index in [1.165, 1.54) is 12.4 Å². The van der Waals surface area contributed by atoms with Crippen LogP contribution in [0.4, 0.5) is 15.9 Å². The van der Waals surface area contributed by atoms with E-state index in [1.807, 2.05) is 18.5 Å². The summed E-state index contributed by atoms with van der Waals surface area (Å²) in [5.41, 5.74) is 11.6. The predicted octanol–water partition coefficient (Wildman–Crippen LogP) is 5.14. The summed E-state index contributed by atoms with van der Waals surface area (Å²) in [7, 11) is 1.87. The summed E-state index contributed by atoms with van der Waals surface area (Å²) in [5.74, 6) is -0.379. The number of fused-ring (bicyclic) bond motifs is 1. The average molecular weight is 420 g/mol. The number of rotatable bonds is 4. The SMILES string of the molecule is C=C(C)C(=O)Nc1cc(C)c(-c2c(C3=CCCCC3)c3c(N)ncnc3n2C)c(F)c1. The second-order valence-electron chi connectivity index (χ2n) is 8.10. The van der Waals surface area contributed by atoms with Gasteiger partial charge in [-0.2, -0.15) is 0 Å². The van der Waals surface area contributed by atoms with Crippen molar-refractivity contribution >= 4 is 34.0 Å². The van der Waals surface area contributed by atoms with Gasteiger partial charge >= 0.3 is 0 Å². The van der Waals surface area contributed by atoms with Crippen LogP contribution in [0.15, 0.2) is 36.7 Å². The number of benzene rings is 1. The highest BCUT2D eigenvalue weighted by molar-refractivity contribution is 6.05. The molecular formula is C24H26FN5O. The van der Waals surface area contributed by atoms with Crippen LogP contribution in [0, 0.1) is 12.7 Å². The molecule has 1 aromatic carbocycles. The lowest BCUT2D eigenvalue weighted by Crippen LogP contribution is -2.12.